The summed E-state index contributed by atoms with van der Waals surface area (Å²) in [5.74, 6) is 0.0532. The second-order valence-electron chi connectivity index (χ2n) is 4.68. The highest BCUT2D eigenvalue weighted by Crippen LogP contribution is 2.06. The molecule has 0 aliphatic rings. The molecule has 0 fully saturated rings. The van der Waals surface area contributed by atoms with Crippen LogP contribution in [0.3, 0.4) is 0 Å². The Labute approximate surface area is 105 Å². The van der Waals surface area contributed by atoms with Gasteiger partial charge in [0.05, 0.1) is 6.61 Å². The molecule has 0 radical (unpaired) electrons. The molecule has 4 heteroatoms. The summed E-state index contributed by atoms with van der Waals surface area (Å²) in [6, 6.07) is 0.427. The molecular formula is C13H26N2O2. The van der Waals surface area contributed by atoms with Crippen LogP contribution in [0.25, 0.3) is 0 Å². The number of rotatable bonds is 7. The maximum Gasteiger partial charge on any atom is 0.248 e. The van der Waals surface area contributed by atoms with Crippen molar-refractivity contribution in [2.45, 2.75) is 46.7 Å². The number of allylic oxidation sites excluding steroid dienone is 1. The molecule has 0 saturated heterocycles. The van der Waals surface area contributed by atoms with E-state index in [2.05, 4.69) is 5.32 Å². The van der Waals surface area contributed by atoms with Crippen molar-refractivity contribution in [2.75, 3.05) is 20.3 Å². The van der Waals surface area contributed by atoms with Crippen molar-refractivity contribution >= 4 is 5.91 Å². The smallest absolute Gasteiger partial charge is 0.248 e. The van der Waals surface area contributed by atoms with Gasteiger partial charge in [-0.25, -0.2) is 0 Å². The lowest BCUT2D eigenvalue weighted by atomic mass is 10.2. The molecule has 0 aromatic rings. The van der Waals surface area contributed by atoms with Gasteiger partial charge in [-0.05, 0) is 34.6 Å². The van der Waals surface area contributed by atoms with Crippen molar-refractivity contribution in [3.8, 4) is 0 Å². The summed E-state index contributed by atoms with van der Waals surface area (Å²) < 4.78 is 4.94. The molecule has 1 amide bonds. The minimum absolute atomic E-state index is 0.0532. The normalized spacial score (nSPS) is 12.1. The van der Waals surface area contributed by atoms with Crippen LogP contribution >= 0.6 is 0 Å². The van der Waals surface area contributed by atoms with Gasteiger partial charge in [-0.3, -0.25) is 4.79 Å². The van der Waals surface area contributed by atoms with E-state index < -0.39 is 0 Å². The Kier molecular flexibility index (Phi) is 7.63. The molecule has 0 aliphatic carbocycles. The SMILES string of the molecule is COCCN/C(C)=C\C(=O)N(C(C)C)C(C)C. The van der Waals surface area contributed by atoms with E-state index in [9.17, 15) is 4.79 Å². The first-order valence-corrected chi connectivity index (χ1v) is 6.13. The maximum absolute atomic E-state index is 12.0. The number of amides is 1. The molecule has 0 atom stereocenters. The fourth-order valence-corrected chi connectivity index (χ4v) is 1.77. The van der Waals surface area contributed by atoms with E-state index in [1.807, 2.05) is 39.5 Å². The van der Waals surface area contributed by atoms with E-state index in [1.54, 1.807) is 13.2 Å². The molecule has 0 spiro atoms. The number of ether oxygens (including phenoxy) is 1. The van der Waals surface area contributed by atoms with Crippen molar-refractivity contribution in [2.24, 2.45) is 0 Å². The monoisotopic (exact) mass is 242 g/mol. The van der Waals surface area contributed by atoms with Crippen LogP contribution in [0.1, 0.15) is 34.6 Å². The Balaban J connectivity index is 4.42. The van der Waals surface area contributed by atoms with Gasteiger partial charge in [-0.2, -0.15) is 0 Å². The Morgan fingerprint density at radius 2 is 1.82 bits per heavy atom. The van der Waals surface area contributed by atoms with E-state index in [-0.39, 0.29) is 18.0 Å². The van der Waals surface area contributed by atoms with Gasteiger partial charge in [0.1, 0.15) is 0 Å². The van der Waals surface area contributed by atoms with Gasteiger partial charge in [-0.15, -0.1) is 0 Å². The summed E-state index contributed by atoms with van der Waals surface area (Å²) in [6.45, 7) is 11.4. The van der Waals surface area contributed by atoms with Crippen LogP contribution in [0.2, 0.25) is 0 Å². The number of hydrogen-bond donors (Lipinski definition) is 1. The minimum Gasteiger partial charge on any atom is -0.386 e. The number of carbonyl (C=O) groups excluding carboxylic acids is 1. The zero-order valence-corrected chi connectivity index (χ0v) is 11.9. The molecule has 0 aromatic carbocycles. The van der Waals surface area contributed by atoms with Crippen LogP contribution in [-0.4, -0.2) is 43.2 Å². The lowest BCUT2D eigenvalue weighted by Crippen LogP contribution is -2.41. The molecule has 0 heterocycles. The maximum atomic E-state index is 12.0. The molecular weight excluding hydrogens is 216 g/mol. The zero-order valence-electron chi connectivity index (χ0n) is 11.9. The fraction of sp³-hybridized carbons (Fsp3) is 0.769. The quantitative estimate of drug-likeness (QED) is 0.546. The predicted molar refractivity (Wildman–Crippen MR) is 70.8 cm³/mol. The molecule has 0 aliphatic heterocycles. The average Bonchev–Trinajstić information content (AvgIpc) is 2.16. The highest BCUT2D eigenvalue weighted by molar-refractivity contribution is 5.88. The molecule has 0 aromatic heterocycles. The standard InChI is InChI=1S/C13H26N2O2/c1-10(2)15(11(3)4)13(16)9-12(5)14-7-8-17-6/h9-11,14H,7-8H2,1-6H3/b12-9-. The Morgan fingerprint density at radius 3 is 2.24 bits per heavy atom. The summed E-state index contributed by atoms with van der Waals surface area (Å²) in [6.07, 6.45) is 1.65. The number of nitrogens with one attached hydrogen (secondary N) is 1. The van der Waals surface area contributed by atoms with E-state index in [0.29, 0.717) is 6.61 Å². The van der Waals surface area contributed by atoms with Crippen molar-refractivity contribution in [1.82, 2.24) is 10.2 Å². The first kappa shape index (κ1) is 16.0. The predicted octanol–water partition coefficient (Wildman–Crippen LogP) is 1.77. The molecule has 100 valence electrons. The van der Waals surface area contributed by atoms with E-state index in [0.717, 1.165) is 12.2 Å². The van der Waals surface area contributed by atoms with Crippen molar-refractivity contribution in [3.63, 3.8) is 0 Å². The third-order valence-corrected chi connectivity index (χ3v) is 2.42. The first-order valence-electron chi connectivity index (χ1n) is 6.13. The fourth-order valence-electron chi connectivity index (χ4n) is 1.77. The number of hydrogen-bond acceptors (Lipinski definition) is 3. The van der Waals surface area contributed by atoms with Crippen LogP contribution in [0.5, 0.6) is 0 Å². The number of nitrogens with zero attached hydrogens (tertiary/aromatic N) is 1. The summed E-state index contributed by atoms with van der Waals surface area (Å²) in [5.41, 5.74) is 0.873. The minimum atomic E-state index is 0.0532. The van der Waals surface area contributed by atoms with E-state index in [4.69, 9.17) is 4.74 Å². The largest absolute Gasteiger partial charge is 0.386 e. The Bertz CT molecular complexity index is 252. The zero-order chi connectivity index (χ0) is 13.4. The highest BCUT2D eigenvalue weighted by Gasteiger charge is 2.17. The molecule has 4 nitrogen and oxygen atoms in total. The molecule has 17 heavy (non-hydrogen) atoms. The van der Waals surface area contributed by atoms with Gasteiger partial charge in [-0.1, -0.05) is 0 Å². The van der Waals surface area contributed by atoms with Crippen LogP contribution in [0, 0.1) is 0 Å². The second kappa shape index (κ2) is 8.12. The third-order valence-electron chi connectivity index (χ3n) is 2.42. The third kappa shape index (κ3) is 6.31. The topological polar surface area (TPSA) is 41.6 Å². The van der Waals surface area contributed by atoms with Crippen LogP contribution in [0.15, 0.2) is 11.8 Å². The first-order chi connectivity index (χ1) is 7.90. The van der Waals surface area contributed by atoms with E-state index >= 15 is 0 Å². The molecule has 0 bridgehead atoms. The van der Waals surface area contributed by atoms with Crippen molar-refractivity contribution < 1.29 is 9.53 Å². The summed E-state index contributed by atoms with van der Waals surface area (Å²) in [7, 11) is 1.66. The molecule has 0 saturated carbocycles. The average molecular weight is 242 g/mol. The van der Waals surface area contributed by atoms with Gasteiger partial charge in [0.25, 0.3) is 0 Å². The summed E-state index contributed by atoms with van der Waals surface area (Å²) in [4.78, 5) is 13.9. The van der Waals surface area contributed by atoms with Crippen molar-refractivity contribution in [3.05, 3.63) is 11.8 Å². The number of methoxy groups -OCH3 is 1. The van der Waals surface area contributed by atoms with E-state index in [1.165, 1.54) is 0 Å². The lowest BCUT2D eigenvalue weighted by Gasteiger charge is -2.29. The second-order valence-corrected chi connectivity index (χ2v) is 4.68. The highest BCUT2D eigenvalue weighted by atomic mass is 16.5. The van der Waals surface area contributed by atoms with Crippen LogP contribution in [-0.2, 0) is 9.53 Å². The summed E-state index contributed by atoms with van der Waals surface area (Å²) in [5, 5.41) is 3.14. The number of carbonyl (C=O) groups is 1. The van der Waals surface area contributed by atoms with Crippen molar-refractivity contribution in [1.29, 1.82) is 0 Å². The molecule has 0 rings (SSSR count). The van der Waals surface area contributed by atoms with Gasteiger partial charge in [0.2, 0.25) is 5.91 Å². The van der Waals surface area contributed by atoms with Gasteiger partial charge in [0.15, 0.2) is 0 Å². The molecule has 1 N–H and O–H groups in total. The lowest BCUT2D eigenvalue weighted by molar-refractivity contribution is -0.129. The molecule has 0 unspecified atom stereocenters. The Morgan fingerprint density at radius 1 is 1.29 bits per heavy atom. The Hall–Kier alpha value is -1.03. The van der Waals surface area contributed by atoms with Gasteiger partial charge in [0, 0.05) is 37.5 Å². The summed E-state index contributed by atoms with van der Waals surface area (Å²) >= 11 is 0. The van der Waals surface area contributed by atoms with Gasteiger partial charge >= 0.3 is 0 Å². The van der Waals surface area contributed by atoms with Crippen LogP contribution < -0.4 is 5.32 Å². The van der Waals surface area contributed by atoms with Crippen LogP contribution in [0.4, 0.5) is 0 Å². The van der Waals surface area contributed by atoms with Gasteiger partial charge < -0.3 is 15.0 Å².